The van der Waals surface area contributed by atoms with Crippen LogP contribution in [0.4, 0.5) is 5.69 Å². The van der Waals surface area contributed by atoms with Crippen LogP contribution in [-0.4, -0.2) is 14.8 Å². The predicted molar refractivity (Wildman–Crippen MR) is 70.4 cm³/mol. The van der Waals surface area contributed by atoms with Gasteiger partial charge in [-0.25, -0.2) is 4.68 Å². The van der Waals surface area contributed by atoms with Gasteiger partial charge in [0.2, 0.25) is 0 Å². The van der Waals surface area contributed by atoms with Gasteiger partial charge in [0.25, 0.3) is 5.56 Å². The van der Waals surface area contributed by atoms with E-state index in [-0.39, 0.29) is 11.1 Å². The lowest BCUT2D eigenvalue weighted by Gasteiger charge is -2.09. The topological polar surface area (TPSA) is 83.6 Å². The molecule has 2 aromatic rings. The third-order valence-electron chi connectivity index (χ3n) is 2.69. The fraction of sp³-hybridized carbons (Fsp3) is 0.231. The van der Waals surface area contributed by atoms with Crippen LogP contribution in [0.25, 0.3) is 0 Å². The largest absolute Gasteiger partial charge is 0.378 e. The van der Waals surface area contributed by atoms with Gasteiger partial charge in [0, 0.05) is 25.5 Å². The molecule has 0 bridgehead atoms. The molecule has 0 spiro atoms. The summed E-state index contributed by atoms with van der Waals surface area (Å²) in [7, 11) is 0. The molecule has 0 aliphatic heterocycles. The lowest BCUT2D eigenvalue weighted by Crippen LogP contribution is -2.25. The van der Waals surface area contributed by atoms with Gasteiger partial charge in [-0.3, -0.25) is 9.78 Å². The second-order valence-corrected chi connectivity index (χ2v) is 3.87. The van der Waals surface area contributed by atoms with Crippen molar-refractivity contribution in [3.63, 3.8) is 0 Å². The standard InChI is InChI=1S/C13H13N5O/c1-2-18-13(19)11(7-14)12(9-17-18)16-8-10-3-5-15-6-4-10/h3-6,9,16H,2,8H2,1H3. The maximum absolute atomic E-state index is 11.9. The number of aryl methyl sites for hydroxylation is 1. The first-order valence-electron chi connectivity index (χ1n) is 5.89. The zero-order chi connectivity index (χ0) is 13.7. The van der Waals surface area contributed by atoms with Crippen molar-refractivity contribution >= 4 is 5.69 Å². The van der Waals surface area contributed by atoms with Crippen LogP contribution in [0.5, 0.6) is 0 Å². The lowest BCUT2D eigenvalue weighted by molar-refractivity contribution is 0.614. The number of anilines is 1. The molecule has 0 atom stereocenters. The summed E-state index contributed by atoms with van der Waals surface area (Å²) in [5.41, 5.74) is 1.18. The number of nitrogens with zero attached hydrogens (tertiary/aromatic N) is 4. The molecule has 0 fully saturated rings. The molecule has 0 radical (unpaired) electrons. The zero-order valence-corrected chi connectivity index (χ0v) is 10.5. The summed E-state index contributed by atoms with van der Waals surface area (Å²) in [6, 6.07) is 5.65. The molecule has 0 saturated carbocycles. The normalized spacial score (nSPS) is 9.89. The molecule has 96 valence electrons. The highest BCUT2D eigenvalue weighted by Crippen LogP contribution is 2.10. The van der Waals surface area contributed by atoms with Gasteiger partial charge in [0.1, 0.15) is 11.6 Å². The Labute approximate surface area is 110 Å². The third-order valence-corrected chi connectivity index (χ3v) is 2.69. The molecule has 0 aromatic carbocycles. The summed E-state index contributed by atoms with van der Waals surface area (Å²) >= 11 is 0. The molecule has 2 heterocycles. The molecule has 2 rings (SSSR count). The first-order valence-corrected chi connectivity index (χ1v) is 5.89. The minimum absolute atomic E-state index is 0.0888. The van der Waals surface area contributed by atoms with Gasteiger partial charge in [0.15, 0.2) is 0 Å². The van der Waals surface area contributed by atoms with Crippen molar-refractivity contribution in [2.75, 3.05) is 5.32 Å². The third kappa shape index (κ3) is 2.77. The van der Waals surface area contributed by atoms with Gasteiger partial charge in [0.05, 0.1) is 11.9 Å². The van der Waals surface area contributed by atoms with Gasteiger partial charge < -0.3 is 5.32 Å². The van der Waals surface area contributed by atoms with Crippen molar-refractivity contribution in [2.45, 2.75) is 20.0 Å². The van der Waals surface area contributed by atoms with E-state index in [1.165, 1.54) is 10.9 Å². The summed E-state index contributed by atoms with van der Waals surface area (Å²) < 4.78 is 1.26. The molecule has 2 aromatic heterocycles. The van der Waals surface area contributed by atoms with Crippen LogP contribution in [0.1, 0.15) is 18.1 Å². The van der Waals surface area contributed by atoms with E-state index in [0.29, 0.717) is 18.8 Å². The van der Waals surface area contributed by atoms with Crippen molar-refractivity contribution in [1.29, 1.82) is 5.26 Å². The molecule has 0 saturated heterocycles. The Morgan fingerprint density at radius 2 is 2.16 bits per heavy atom. The first kappa shape index (κ1) is 12.8. The molecule has 0 amide bonds. The van der Waals surface area contributed by atoms with Crippen LogP contribution in [-0.2, 0) is 13.1 Å². The summed E-state index contributed by atoms with van der Waals surface area (Å²) in [4.78, 5) is 15.8. The second-order valence-electron chi connectivity index (χ2n) is 3.87. The van der Waals surface area contributed by atoms with Crippen LogP contribution < -0.4 is 10.9 Å². The minimum Gasteiger partial charge on any atom is -0.378 e. The number of rotatable bonds is 4. The Kier molecular flexibility index (Phi) is 3.88. The number of nitriles is 1. The van der Waals surface area contributed by atoms with Crippen molar-refractivity contribution in [2.24, 2.45) is 0 Å². The minimum atomic E-state index is -0.371. The van der Waals surface area contributed by atoms with Gasteiger partial charge in [-0.1, -0.05) is 0 Å². The number of pyridine rings is 1. The fourth-order valence-electron chi connectivity index (χ4n) is 1.65. The quantitative estimate of drug-likeness (QED) is 0.885. The average Bonchev–Trinajstić information content (AvgIpc) is 2.46. The SMILES string of the molecule is CCn1ncc(NCc2ccncc2)c(C#N)c1=O. The number of aromatic nitrogens is 3. The monoisotopic (exact) mass is 255 g/mol. The first-order chi connectivity index (χ1) is 9.26. The van der Waals surface area contributed by atoms with Gasteiger partial charge in [-0.15, -0.1) is 0 Å². The van der Waals surface area contributed by atoms with Crippen LogP contribution in [0.2, 0.25) is 0 Å². The van der Waals surface area contributed by atoms with E-state index in [2.05, 4.69) is 15.4 Å². The zero-order valence-electron chi connectivity index (χ0n) is 10.5. The van der Waals surface area contributed by atoms with Crippen molar-refractivity contribution in [3.05, 3.63) is 52.2 Å². The van der Waals surface area contributed by atoms with E-state index in [1.807, 2.05) is 18.2 Å². The smallest absolute Gasteiger partial charge is 0.286 e. The Balaban J connectivity index is 2.24. The van der Waals surface area contributed by atoms with Crippen molar-refractivity contribution in [1.82, 2.24) is 14.8 Å². The van der Waals surface area contributed by atoms with Gasteiger partial charge in [-0.05, 0) is 24.6 Å². The Morgan fingerprint density at radius 3 is 2.79 bits per heavy atom. The van der Waals surface area contributed by atoms with Crippen molar-refractivity contribution in [3.8, 4) is 6.07 Å². The van der Waals surface area contributed by atoms with E-state index < -0.39 is 0 Å². The Bertz CT molecular complexity index is 657. The highest BCUT2D eigenvalue weighted by Gasteiger charge is 2.09. The molecule has 1 N–H and O–H groups in total. The van der Waals surface area contributed by atoms with Gasteiger partial charge in [-0.2, -0.15) is 10.4 Å². The Morgan fingerprint density at radius 1 is 1.42 bits per heavy atom. The lowest BCUT2D eigenvalue weighted by atomic mass is 10.2. The molecular weight excluding hydrogens is 242 g/mol. The predicted octanol–water partition coefficient (Wildman–Crippen LogP) is 1.14. The maximum Gasteiger partial charge on any atom is 0.286 e. The van der Waals surface area contributed by atoms with Crippen LogP contribution in [0, 0.1) is 11.3 Å². The molecule has 0 unspecified atom stereocenters. The maximum atomic E-state index is 11.9. The molecule has 6 nitrogen and oxygen atoms in total. The average molecular weight is 255 g/mol. The summed E-state index contributed by atoms with van der Waals surface area (Å²) in [6.07, 6.45) is 4.88. The van der Waals surface area contributed by atoms with Gasteiger partial charge >= 0.3 is 0 Å². The summed E-state index contributed by atoms with van der Waals surface area (Å²) in [5.74, 6) is 0. The molecule has 6 heteroatoms. The summed E-state index contributed by atoms with van der Waals surface area (Å²) in [5, 5.41) is 16.1. The Hall–Kier alpha value is -2.68. The highest BCUT2D eigenvalue weighted by atomic mass is 16.1. The fourth-order valence-corrected chi connectivity index (χ4v) is 1.65. The second kappa shape index (κ2) is 5.78. The van der Waals surface area contributed by atoms with E-state index in [0.717, 1.165) is 5.56 Å². The highest BCUT2D eigenvalue weighted by molar-refractivity contribution is 5.54. The molecular formula is C13H13N5O. The van der Waals surface area contributed by atoms with Crippen LogP contribution in [0.3, 0.4) is 0 Å². The van der Waals surface area contributed by atoms with Crippen LogP contribution in [0.15, 0.2) is 35.5 Å². The molecule has 0 aliphatic rings. The van der Waals surface area contributed by atoms with Crippen molar-refractivity contribution < 1.29 is 0 Å². The summed E-state index contributed by atoms with van der Waals surface area (Å²) in [6.45, 7) is 2.76. The van der Waals surface area contributed by atoms with Crippen LogP contribution >= 0.6 is 0 Å². The number of nitrogens with one attached hydrogen (secondary N) is 1. The number of hydrogen-bond acceptors (Lipinski definition) is 5. The van der Waals surface area contributed by atoms with E-state index >= 15 is 0 Å². The van der Waals surface area contributed by atoms with E-state index in [4.69, 9.17) is 5.26 Å². The van der Waals surface area contributed by atoms with E-state index in [1.54, 1.807) is 19.3 Å². The number of hydrogen-bond donors (Lipinski definition) is 1. The van der Waals surface area contributed by atoms with E-state index in [9.17, 15) is 4.79 Å². The molecule has 0 aliphatic carbocycles. The molecule has 19 heavy (non-hydrogen) atoms.